The number of carboxylic acid groups (broad SMARTS) is 2. The standard InChI is InChI=1S/2C16H30O2.Cd/c2*1-2-3-4-5-6-7-8-9-10-11-12-13-14-15-16(17)18;/h2*7-8H,2-6,9-15H2,1H3,(H,17,18);/q;;+2/p-2. The van der Waals surface area contributed by atoms with Crippen molar-refractivity contribution in [3.63, 3.8) is 0 Å². The SMILES string of the molecule is CCCCCCC=CCCCCCCCC(=O)[O-].CCCCCCC=CCCCCCCCC(=O)[O-].[Cd+2]. The molecule has 0 fully saturated rings. The molecule has 0 aliphatic heterocycles. The summed E-state index contributed by atoms with van der Waals surface area (Å²) in [6.45, 7) is 4.48. The van der Waals surface area contributed by atoms with Crippen LogP contribution in [0.5, 0.6) is 0 Å². The smallest absolute Gasteiger partial charge is 0.550 e. The van der Waals surface area contributed by atoms with E-state index < -0.39 is 11.9 Å². The number of hydrogen-bond donors (Lipinski definition) is 0. The molecule has 4 nitrogen and oxygen atoms in total. The van der Waals surface area contributed by atoms with Gasteiger partial charge in [0.25, 0.3) is 0 Å². The van der Waals surface area contributed by atoms with E-state index in [9.17, 15) is 19.8 Å². The Labute approximate surface area is 250 Å². The van der Waals surface area contributed by atoms with Crippen molar-refractivity contribution in [2.24, 2.45) is 0 Å². The van der Waals surface area contributed by atoms with Crippen LogP contribution >= 0.6 is 0 Å². The first-order valence-electron chi connectivity index (χ1n) is 15.2. The Bertz CT molecular complexity index is 471. The number of carboxylic acids is 2. The first-order chi connectivity index (χ1) is 17.5. The number of rotatable bonds is 26. The molecule has 0 heterocycles. The van der Waals surface area contributed by atoms with Crippen LogP contribution in [0.4, 0.5) is 0 Å². The fourth-order valence-corrected chi connectivity index (χ4v) is 3.97. The zero-order valence-electron chi connectivity index (χ0n) is 24.6. The van der Waals surface area contributed by atoms with E-state index in [1.165, 1.54) is 103 Å². The van der Waals surface area contributed by atoms with Crippen molar-refractivity contribution < 1.29 is 47.1 Å². The van der Waals surface area contributed by atoms with Crippen LogP contribution in [0.1, 0.15) is 168 Å². The predicted octanol–water partition coefficient (Wildman–Crippen LogP) is 7.98. The third-order valence-corrected chi connectivity index (χ3v) is 6.29. The average Bonchev–Trinajstić information content (AvgIpc) is 2.85. The number of carbonyl (C=O) groups is 2. The summed E-state index contributed by atoms with van der Waals surface area (Å²) in [6.07, 6.45) is 36.0. The van der Waals surface area contributed by atoms with E-state index in [0.29, 0.717) is 0 Å². The Morgan fingerprint density at radius 3 is 0.946 bits per heavy atom. The van der Waals surface area contributed by atoms with Crippen LogP contribution in [0, 0.1) is 0 Å². The van der Waals surface area contributed by atoms with Crippen molar-refractivity contribution in [2.75, 3.05) is 0 Å². The largest absolute Gasteiger partial charge is 2.00 e. The van der Waals surface area contributed by atoms with Crippen LogP contribution < -0.4 is 10.2 Å². The molecule has 0 aromatic heterocycles. The molecular weight excluding hydrogens is 561 g/mol. The maximum atomic E-state index is 10.2. The molecule has 0 saturated carbocycles. The van der Waals surface area contributed by atoms with Gasteiger partial charge in [-0.1, -0.05) is 115 Å². The Hall–Kier alpha value is -0.658. The number of unbranched alkanes of at least 4 members (excludes halogenated alkanes) is 18. The maximum absolute atomic E-state index is 10.2. The molecule has 0 bridgehead atoms. The number of allylic oxidation sites excluding steroid dienone is 4. The minimum atomic E-state index is -0.916. The van der Waals surface area contributed by atoms with Crippen LogP contribution in [0.15, 0.2) is 24.3 Å². The molecule has 0 aliphatic carbocycles. The number of aliphatic carboxylic acids is 2. The van der Waals surface area contributed by atoms with Crippen molar-refractivity contribution in [1.82, 2.24) is 0 Å². The molecular formula is C32H58CdO4. The Morgan fingerprint density at radius 1 is 0.432 bits per heavy atom. The van der Waals surface area contributed by atoms with Crippen molar-refractivity contribution in [2.45, 2.75) is 168 Å². The second-order valence-electron chi connectivity index (χ2n) is 10.00. The van der Waals surface area contributed by atoms with E-state index in [4.69, 9.17) is 0 Å². The minimum Gasteiger partial charge on any atom is -0.550 e. The fourth-order valence-electron chi connectivity index (χ4n) is 3.97. The monoisotopic (exact) mass is 620 g/mol. The quantitative estimate of drug-likeness (QED) is 0.0559. The minimum absolute atomic E-state index is 0. The molecule has 0 N–H and O–H groups in total. The summed E-state index contributed by atoms with van der Waals surface area (Å²) in [5.74, 6) is -1.83. The van der Waals surface area contributed by atoms with Gasteiger partial charge in [-0.2, -0.15) is 0 Å². The molecule has 0 amide bonds. The summed E-state index contributed by atoms with van der Waals surface area (Å²) >= 11 is 0. The molecule has 0 unspecified atom stereocenters. The van der Waals surface area contributed by atoms with E-state index in [-0.39, 0.29) is 40.1 Å². The van der Waals surface area contributed by atoms with E-state index in [1.807, 2.05) is 0 Å². The van der Waals surface area contributed by atoms with Gasteiger partial charge >= 0.3 is 27.3 Å². The second kappa shape index (κ2) is 37.5. The van der Waals surface area contributed by atoms with Crippen molar-refractivity contribution in [1.29, 1.82) is 0 Å². The van der Waals surface area contributed by atoms with Crippen molar-refractivity contribution in [3.8, 4) is 0 Å². The zero-order chi connectivity index (χ0) is 27.0. The molecule has 0 saturated heterocycles. The molecule has 0 aliphatic rings. The fraction of sp³-hybridized carbons (Fsp3) is 0.812. The third-order valence-electron chi connectivity index (χ3n) is 6.29. The van der Waals surface area contributed by atoms with Gasteiger partial charge in [-0.25, -0.2) is 0 Å². The van der Waals surface area contributed by atoms with Gasteiger partial charge in [-0.15, -0.1) is 0 Å². The topological polar surface area (TPSA) is 80.3 Å². The third kappa shape index (κ3) is 45.6. The summed E-state index contributed by atoms with van der Waals surface area (Å²) in [5.41, 5.74) is 0. The van der Waals surface area contributed by atoms with Gasteiger partial charge in [0.15, 0.2) is 0 Å². The normalized spacial score (nSPS) is 10.9. The van der Waals surface area contributed by atoms with Gasteiger partial charge in [0, 0.05) is 11.9 Å². The summed E-state index contributed by atoms with van der Waals surface area (Å²) in [6, 6.07) is 0. The maximum Gasteiger partial charge on any atom is 2.00 e. The molecule has 0 rings (SSSR count). The zero-order valence-corrected chi connectivity index (χ0v) is 28.7. The molecule has 0 atom stereocenters. The first-order valence-corrected chi connectivity index (χ1v) is 15.2. The van der Waals surface area contributed by atoms with E-state index in [0.717, 1.165) is 38.5 Å². The predicted molar refractivity (Wildman–Crippen MR) is 150 cm³/mol. The van der Waals surface area contributed by atoms with Crippen molar-refractivity contribution >= 4 is 11.9 Å². The van der Waals surface area contributed by atoms with E-state index in [1.54, 1.807) is 0 Å². The Balaban J connectivity index is -0.000000608. The summed E-state index contributed by atoms with van der Waals surface area (Å²) < 4.78 is 0. The Kier molecular flexibility index (Phi) is 41.4. The summed E-state index contributed by atoms with van der Waals surface area (Å²) in [7, 11) is 0. The second-order valence-corrected chi connectivity index (χ2v) is 10.00. The van der Waals surface area contributed by atoms with Gasteiger partial charge in [-0.3, -0.25) is 0 Å². The number of carbonyl (C=O) groups excluding carboxylic acids is 2. The summed E-state index contributed by atoms with van der Waals surface area (Å²) in [5, 5.41) is 20.4. The van der Waals surface area contributed by atoms with Crippen LogP contribution in [-0.2, 0) is 36.9 Å². The first kappa shape index (κ1) is 40.8. The van der Waals surface area contributed by atoms with Gasteiger partial charge < -0.3 is 19.8 Å². The number of hydrogen-bond acceptors (Lipinski definition) is 4. The van der Waals surface area contributed by atoms with Gasteiger partial charge in [0.2, 0.25) is 0 Å². The summed E-state index contributed by atoms with van der Waals surface area (Å²) in [4.78, 5) is 20.4. The molecule has 0 radical (unpaired) electrons. The molecule has 0 aromatic carbocycles. The van der Waals surface area contributed by atoms with Gasteiger partial charge in [0.05, 0.1) is 0 Å². The van der Waals surface area contributed by atoms with Crippen molar-refractivity contribution in [3.05, 3.63) is 24.3 Å². The molecule has 37 heavy (non-hydrogen) atoms. The van der Waals surface area contributed by atoms with Crippen LogP contribution in [-0.4, -0.2) is 11.9 Å². The Morgan fingerprint density at radius 2 is 0.676 bits per heavy atom. The molecule has 5 heteroatoms. The van der Waals surface area contributed by atoms with Crippen LogP contribution in [0.3, 0.4) is 0 Å². The van der Waals surface area contributed by atoms with Crippen LogP contribution in [0.25, 0.3) is 0 Å². The van der Waals surface area contributed by atoms with E-state index in [2.05, 4.69) is 38.2 Å². The molecule has 0 aromatic rings. The van der Waals surface area contributed by atoms with Crippen LogP contribution in [0.2, 0.25) is 0 Å². The average molecular weight is 619 g/mol. The van der Waals surface area contributed by atoms with E-state index >= 15 is 0 Å². The molecule has 212 valence electrons. The van der Waals surface area contributed by atoms with Gasteiger partial charge in [0.1, 0.15) is 0 Å². The molecule has 0 spiro atoms. The van der Waals surface area contributed by atoms with Gasteiger partial charge in [-0.05, 0) is 77.0 Å².